The van der Waals surface area contributed by atoms with E-state index in [1.807, 2.05) is 0 Å². The molecule has 1 aromatic carbocycles. The fourth-order valence-corrected chi connectivity index (χ4v) is 4.03. The summed E-state index contributed by atoms with van der Waals surface area (Å²) < 4.78 is 23.8. The number of benzene rings is 1. The van der Waals surface area contributed by atoms with Crippen LogP contribution in [-0.2, 0) is 20.0 Å². The van der Waals surface area contributed by atoms with Crippen LogP contribution in [0.1, 0.15) is 37.7 Å². The smallest absolute Gasteiger partial charge is 0.314 e. The first-order valence-electron chi connectivity index (χ1n) is 6.55. The van der Waals surface area contributed by atoms with E-state index in [1.165, 1.54) is 18.2 Å². The molecule has 1 fully saturated rings. The number of hydrogen-bond acceptors (Lipinski definition) is 4. The summed E-state index contributed by atoms with van der Waals surface area (Å²) in [4.78, 5) is 11.7. The third-order valence-electron chi connectivity index (χ3n) is 4.00. The molecule has 0 radical (unpaired) electrons. The van der Waals surface area contributed by atoms with Crippen LogP contribution in [0, 0.1) is 0 Å². The molecule has 1 aliphatic carbocycles. The largest absolute Gasteiger partial charge is 0.508 e. The van der Waals surface area contributed by atoms with Gasteiger partial charge in [-0.2, -0.15) is 0 Å². The van der Waals surface area contributed by atoms with Gasteiger partial charge in [-0.3, -0.25) is 4.79 Å². The molecule has 6 heteroatoms. The number of hydrogen-bond donors (Lipinski definition) is 2. The van der Waals surface area contributed by atoms with E-state index in [1.54, 1.807) is 0 Å². The lowest BCUT2D eigenvalue weighted by Crippen LogP contribution is -2.39. The van der Waals surface area contributed by atoms with E-state index in [4.69, 9.17) is 0 Å². The lowest BCUT2D eigenvalue weighted by atomic mass is 9.69. The highest BCUT2D eigenvalue weighted by Gasteiger charge is 2.45. The molecule has 1 aromatic rings. The fraction of sp³-hybridized carbons (Fsp3) is 0.500. The molecule has 20 heavy (non-hydrogen) atoms. The van der Waals surface area contributed by atoms with E-state index in [-0.39, 0.29) is 16.2 Å². The number of aromatic hydroxyl groups is 1. The van der Waals surface area contributed by atoms with Crippen LogP contribution in [0.3, 0.4) is 0 Å². The van der Waals surface area contributed by atoms with Gasteiger partial charge in [-0.1, -0.05) is 25.3 Å². The van der Waals surface area contributed by atoms with Crippen molar-refractivity contribution in [3.63, 3.8) is 0 Å². The molecule has 1 aliphatic rings. The Morgan fingerprint density at radius 2 is 1.80 bits per heavy atom. The maximum Gasteiger partial charge on any atom is 0.314 e. The number of sulfone groups is 1. The molecule has 2 rings (SSSR count). The molecule has 0 saturated heterocycles. The lowest BCUT2D eigenvalue weighted by Gasteiger charge is -2.35. The highest BCUT2D eigenvalue weighted by molar-refractivity contribution is 7.90. The summed E-state index contributed by atoms with van der Waals surface area (Å²) >= 11 is 0. The van der Waals surface area contributed by atoms with Gasteiger partial charge in [-0.05, 0) is 25.0 Å². The van der Waals surface area contributed by atoms with Crippen molar-refractivity contribution < 1.29 is 23.4 Å². The van der Waals surface area contributed by atoms with E-state index in [2.05, 4.69) is 0 Å². The van der Waals surface area contributed by atoms with Crippen molar-refractivity contribution in [3.05, 3.63) is 23.8 Å². The molecular weight excluding hydrogens is 280 g/mol. The molecule has 5 nitrogen and oxygen atoms in total. The summed E-state index contributed by atoms with van der Waals surface area (Å²) in [5, 5.41) is 19.7. The van der Waals surface area contributed by atoms with Crippen LogP contribution < -0.4 is 0 Å². The van der Waals surface area contributed by atoms with Crippen LogP contribution in [0.2, 0.25) is 0 Å². The molecule has 0 amide bonds. The fourth-order valence-electron chi connectivity index (χ4n) is 3.04. The molecule has 0 bridgehead atoms. The Morgan fingerprint density at radius 1 is 1.20 bits per heavy atom. The standard InChI is InChI=1S/C14H18O5S/c1-20(18,19)11-7-5-6-10(15)12(11)14(13(16)17)8-3-2-4-9-14/h5-7,15H,2-4,8-9H2,1H3,(H,16,17). The van der Waals surface area contributed by atoms with Crippen molar-refractivity contribution in [2.24, 2.45) is 0 Å². The Morgan fingerprint density at radius 3 is 2.30 bits per heavy atom. The number of carbonyl (C=O) groups is 1. The molecule has 0 heterocycles. The Balaban J connectivity index is 2.75. The first-order valence-corrected chi connectivity index (χ1v) is 8.44. The van der Waals surface area contributed by atoms with Gasteiger partial charge in [0.2, 0.25) is 0 Å². The van der Waals surface area contributed by atoms with Crippen LogP contribution in [0.4, 0.5) is 0 Å². The minimum absolute atomic E-state index is 0.0506. The lowest BCUT2D eigenvalue weighted by molar-refractivity contribution is -0.145. The monoisotopic (exact) mass is 298 g/mol. The number of carboxylic acid groups (broad SMARTS) is 1. The van der Waals surface area contributed by atoms with E-state index in [0.29, 0.717) is 25.7 Å². The molecule has 0 spiro atoms. The van der Waals surface area contributed by atoms with Gasteiger partial charge < -0.3 is 10.2 Å². The van der Waals surface area contributed by atoms with Gasteiger partial charge in [-0.25, -0.2) is 8.42 Å². The van der Waals surface area contributed by atoms with Gasteiger partial charge in [0.05, 0.1) is 10.3 Å². The minimum atomic E-state index is -3.60. The Labute approximate surface area is 118 Å². The SMILES string of the molecule is CS(=O)(=O)c1cccc(O)c1C1(C(=O)O)CCCCC1. The van der Waals surface area contributed by atoms with Crippen LogP contribution in [0.15, 0.2) is 23.1 Å². The second kappa shape index (κ2) is 5.09. The average Bonchev–Trinajstić information content (AvgIpc) is 2.38. The zero-order valence-electron chi connectivity index (χ0n) is 11.3. The number of aliphatic carboxylic acids is 1. The summed E-state index contributed by atoms with van der Waals surface area (Å²) in [6.07, 6.45) is 4.08. The van der Waals surface area contributed by atoms with E-state index < -0.39 is 21.2 Å². The minimum Gasteiger partial charge on any atom is -0.508 e. The quantitative estimate of drug-likeness (QED) is 0.891. The zero-order chi connectivity index (χ0) is 15.0. The molecule has 0 aromatic heterocycles. The van der Waals surface area contributed by atoms with Crippen LogP contribution in [0.25, 0.3) is 0 Å². The first-order chi connectivity index (χ1) is 9.29. The Hall–Kier alpha value is -1.56. The predicted molar refractivity (Wildman–Crippen MR) is 73.6 cm³/mol. The van der Waals surface area contributed by atoms with E-state index in [9.17, 15) is 23.4 Å². The van der Waals surface area contributed by atoms with Crippen LogP contribution in [-0.4, -0.2) is 30.9 Å². The van der Waals surface area contributed by atoms with Gasteiger partial charge in [0.25, 0.3) is 0 Å². The van der Waals surface area contributed by atoms with Crippen molar-refractivity contribution in [2.75, 3.05) is 6.26 Å². The highest BCUT2D eigenvalue weighted by Crippen LogP contribution is 2.46. The third-order valence-corrected chi connectivity index (χ3v) is 5.14. The van der Waals surface area contributed by atoms with Crippen molar-refractivity contribution >= 4 is 15.8 Å². The van der Waals surface area contributed by atoms with Gasteiger partial charge in [0, 0.05) is 11.8 Å². The van der Waals surface area contributed by atoms with Gasteiger partial charge in [0.1, 0.15) is 5.75 Å². The number of phenols is 1. The molecule has 2 N–H and O–H groups in total. The molecule has 0 aliphatic heterocycles. The van der Waals surface area contributed by atoms with Crippen molar-refractivity contribution in [1.82, 2.24) is 0 Å². The summed E-state index contributed by atoms with van der Waals surface area (Å²) in [7, 11) is -3.60. The van der Waals surface area contributed by atoms with Gasteiger partial charge >= 0.3 is 5.97 Å². The second-order valence-corrected chi connectivity index (χ2v) is 7.35. The van der Waals surface area contributed by atoms with Crippen molar-refractivity contribution in [3.8, 4) is 5.75 Å². The summed E-state index contributed by atoms with van der Waals surface area (Å²) in [5.74, 6) is -1.32. The number of rotatable bonds is 3. The summed E-state index contributed by atoms with van der Waals surface area (Å²) in [6, 6.07) is 4.14. The topological polar surface area (TPSA) is 91.7 Å². The average molecular weight is 298 g/mol. The van der Waals surface area contributed by atoms with Gasteiger partial charge in [-0.15, -0.1) is 0 Å². The van der Waals surface area contributed by atoms with Crippen LogP contribution >= 0.6 is 0 Å². The van der Waals surface area contributed by atoms with Gasteiger partial charge in [0.15, 0.2) is 9.84 Å². The molecule has 110 valence electrons. The second-order valence-electron chi connectivity index (χ2n) is 5.37. The van der Waals surface area contributed by atoms with E-state index in [0.717, 1.165) is 12.7 Å². The maximum absolute atomic E-state index is 11.9. The van der Waals surface area contributed by atoms with Crippen molar-refractivity contribution in [2.45, 2.75) is 42.4 Å². The highest BCUT2D eigenvalue weighted by atomic mass is 32.2. The summed E-state index contributed by atoms with van der Waals surface area (Å²) in [5.41, 5.74) is -1.25. The number of carboxylic acids is 1. The molecular formula is C14H18O5S. The zero-order valence-corrected chi connectivity index (χ0v) is 12.1. The third kappa shape index (κ3) is 2.40. The number of phenolic OH excluding ortho intramolecular Hbond substituents is 1. The summed E-state index contributed by atoms with van der Waals surface area (Å²) in [6.45, 7) is 0. The molecule has 1 saturated carbocycles. The Bertz CT molecular complexity index is 627. The molecule has 0 unspecified atom stereocenters. The van der Waals surface area contributed by atoms with Crippen LogP contribution in [0.5, 0.6) is 5.75 Å². The maximum atomic E-state index is 11.9. The Kier molecular flexibility index (Phi) is 3.77. The first kappa shape index (κ1) is 14.8. The normalized spacial score (nSPS) is 18.6. The van der Waals surface area contributed by atoms with E-state index >= 15 is 0 Å². The van der Waals surface area contributed by atoms with Crippen molar-refractivity contribution in [1.29, 1.82) is 0 Å². The molecule has 0 atom stereocenters. The predicted octanol–water partition coefficient (Wildman–Crippen LogP) is 2.08.